The molecule has 5 nitrogen and oxygen atoms in total. The van der Waals surface area contributed by atoms with Crippen molar-refractivity contribution in [3.63, 3.8) is 0 Å². The van der Waals surface area contributed by atoms with Gasteiger partial charge in [-0.2, -0.15) is 0 Å². The molecule has 3 heterocycles. The molecule has 2 fully saturated rings. The maximum Gasteiger partial charge on any atom is 0.240 e. The smallest absolute Gasteiger partial charge is 0.240 e. The monoisotopic (exact) mass is 280 g/mol. The van der Waals surface area contributed by atoms with E-state index < -0.39 is 0 Å². The van der Waals surface area contributed by atoms with Crippen LogP contribution in [0.3, 0.4) is 0 Å². The third kappa shape index (κ3) is 2.66. The molecule has 2 N–H and O–H groups in total. The van der Waals surface area contributed by atoms with Crippen molar-refractivity contribution in [1.29, 1.82) is 0 Å². The van der Waals surface area contributed by atoms with Crippen LogP contribution in [0.5, 0.6) is 0 Å². The number of hydrogen-bond donors (Lipinski definition) is 2. The van der Waals surface area contributed by atoms with Gasteiger partial charge in [0.1, 0.15) is 0 Å². The van der Waals surface area contributed by atoms with Crippen LogP contribution in [-0.2, 0) is 4.79 Å². The van der Waals surface area contributed by atoms with Crippen molar-refractivity contribution in [2.24, 2.45) is 11.8 Å². The summed E-state index contributed by atoms with van der Waals surface area (Å²) in [5.74, 6) is 1.50. The van der Waals surface area contributed by atoms with Crippen molar-refractivity contribution in [2.45, 2.75) is 19.4 Å². The van der Waals surface area contributed by atoms with E-state index in [9.17, 15) is 4.79 Å². The van der Waals surface area contributed by atoms with Crippen molar-refractivity contribution in [3.8, 4) is 0 Å². The van der Waals surface area contributed by atoms with Crippen molar-refractivity contribution in [2.75, 3.05) is 31.5 Å². The molecule has 0 saturated carbocycles. The number of amides is 1. The SMILES string of the molecule is CCC1C2CNCC2CN1CC(=O)Nc1nccs1. The van der Waals surface area contributed by atoms with Gasteiger partial charge >= 0.3 is 0 Å². The second-order valence-electron chi connectivity index (χ2n) is 5.37. The van der Waals surface area contributed by atoms with Gasteiger partial charge in [-0.05, 0) is 31.3 Å². The van der Waals surface area contributed by atoms with Gasteiger partial charge in [0, 0.05) is 24.2 Å². The Morgan fingerprint density at radius 2 is 2.53 bits per heavy atom. The van der Waals surface area contributed by atoms with Crippen LogP contribution in [0.25, 0.3) is 0 Å². The van der Waals surface area contributed by atoms with Gasteiger partial charge in [0.2, 0.25) is 5.91 Å². The second kappa shape index (κ2) is 5.56. The topological polar surface area (TPSA) is 57.3 Å². The number of nitrogens with one attached hydrogen (secondary N) is 2. The molecule has 2 aliphatic rings. The molecule has 0 bridgehead atoms. The Morgan fingerprint density at radius 3 is 3.26 bits per heavy atom. The van der Waals surface area contributed by atoms with Crippen molar-refractivity contribution < 1.29 is 4.79 Å². The number of likely N-dealkylation sites (tertiary alicyclic amines) is 1. The highest BCUT2D eigenvalue weighted by molar-refractivity contribution is 7.13. The number of thiazole rings is 1. The molecule has 0 aliphatic carbocycles. The Kier molecular flexibility index (Phi) is 3.81. The molecular weight excluding hydrogens is 260 g/mol. The van der Waals surface area contributed by atoms with E-state index in [1.54, 1.807) is 6.20 Å². The van der Waals surface area contributed by atoms with Gasteiger partial charge in [-0.15, -0.1) is 11.3 Å². The standard InChI is InChI=1S/C13H20N4OS/c1-2-11-10-6-14-5-9(10)7-17(11)8-12(18)16-13-15-3-4-19-13/h3-4,9-11,14H,2,5-8H2,1H3,(H,15,16,18). The van der Waals surface area contributed by atoms with E-state index >= 15 is 0 Å². The number of nitrogens with zero attached hydrogens (tertiary/aromatic N) is 2. The van der Waals surface area contributed by atoms with Crippen molar-refractivity contribution >= 4 is 22.4 Å². The first kappa shape index (κ1) is 13.0. The largest absolute Gasteiger partial charge is 0.316 e. The summed E-state index contributed by atoms with van der Waals surface area (Å²) in [6.45, 7) is 5.96. The Bertz CT molecular complexity index is 436. The quantitative estimate of drug-likeness (QED) is 0.864. The van der Waals surface area contributed by atoms with E-state index in [1.807, 2.05) is 5.38 Å². The fraction of sp³-hybridized carbons (Fsp3) is 0.692. The number of anilines is 1. The van der Waals surface area contributed by atoms with Crippen molar-refractivity contribution in [3.05, 3.63) is 11.6 Å². The lowest BCUT2D eigenvalue weighted by Crippen LogP contribution is -2.40. The zero-order chi connectivity index (χ0) is 13.2. The molecule has 1 amide bonds. The number of hydrogen-bond acceptors (Lipinski definition) is 5. The highest BCUT2D eigenvalue weighted by Crippen LogP contribution is 2.33. The Balaban J connectivity index is 1.58. The Hall–Kier alpha value is -0.980. The summed E-state index contributed by atoms with van der Waals surface area (Å²) < 4.78 is 0. The number of rotatable bonds is 4. The highest BCUT2D eigenvalue weighted by atomic mass is 32.1. The Labute approximate surface area is 117 Å². The van der Waals surface area contributed by atoms with Crippen LogP contribution in [0.4, 0.5) is 5.13 Å². The molecule has 0 spiro atoms. The first-order valence-electron chi connectivity index (χ1n) is 6.92. The lowest BCUT2D eigenvalue weighted by molar-refractivity contribution is -0.117. The number of fused-ring (bicyclic) bond motifs is 1. The third-order valence-electron chi connectivity index (χ3n) is 4.27. The number of carbonyl (C=O) groups is 1. The summed E-state index contributed by atoms with van der Waals surface area (Å²) in [6, 6.07) is 0.544. The molecule has 19 heavy (non-hydrogen) atoms. The maximum absolute atomic E-state index is 12.0. The molecule has 1 aromatic rings. The zero-order valence-corrected chi connectivity index (χ0v) is 11.9. The van der Waals surface area contributed by atoms with Gasteiger partial charge in [0.05, 0.1) is 6.54 Å². The van der Waals surface area contributed by atoms with Crippen LogP contribution in [0.1, 0.15) is 13.3 Å². The van der Waals surface area contributed by atoms with Gasteiger partial charge in [-0.1, -0.05) is 6.92 Å². The maximum atomic E-state index is 12.0. The summed E-state index contributed by atoms with van der Waals surface area (Å²) in [4.78, 5) is 18.5. The molecular formula is C13H20N4OS. The van der Waals surface area contributed by atoms with Crippen LogP contribution < -0.4 is 10.6 Å². The van der Waals surface area contributed by atoms with E-state index in [1.165, 1.54) is 11.3 Å². The van der Waals surface area contributed by atoms with Gasteiger partial charge in [-0.25, -0.2) is 4.98 Å². The summed E-state index contributed by atoms with van der Waals surface area (Å²) in [5, 5.41) is 8.90. The fourth-order valence-corrected chi connectivity index (χ4v) is 4.03. The van der Waals surface area contributed by atoms with E-state index in [0.717, 1.165) is 37.9 Å². The summed E-state index contributed by atoms with van der Waals surface area (Å²) in [6.07, 6.45) is 2.83. The minimum absolute atomic E-state index is 0.0568. The summed E-state index contributed by atoms with van der Waals surface area (Å²) >= 11 is 1.46. The number of aromatic nitrogens is 1. The minimum Gasteiger partial charge on any atom is -0.316 e. The number of carbonyl (C=O) groups excluding carboxylic acids is 1. The summed E-state index contributed by atoms with van der Waals surface area (Å²) in [7, 11) is 0. The predicted molar refractivity (Wildman–Crippen MR) is 76.2 cm³/mol. The van der Waals surface area contributed by atoms with Gasteiger partial charge in [0.15, 0.2) is 5.13 Å². The normalized spacial score (nSPS) is 30.5. The third-order valence-corrected chi connectivity index (χ3v) is 4.96. The lowest BCUT2D eigenvalue weighted by Gasteiger charge is -2.25. The van der Waals surface area contributed by atoms with E-state index in [0.29, 0.717) is 17.7 Å². The highest BCUT2D eigenvalue weighted by Gasteiger charge is 2.43. The summed E-state index contributed by atoms with van der Waals surface area (Å²) in [5.41, 5.74) is 0. The van der Waals surface area contributed by atoms with Gasteiger partial charge in [0.25, 0.3) is 0 Å². The average Bonchev–Trinajstić information content (AvgIpc) is 3.05. The molecule has 3 atom stereocenters. The van der Waals surface area contributed by atoms with Crippen LogP contribution in [0, 0.1) is 11.8 Å². The average molecular weight is 280 g/mol. The molecule has 1 aromatic heterocycles. The molecule has 6 heteroatoms. The van der Waals surface area contributed by atoms with Gasteiger partial charge < -0.3 is 10.6 Å². The first-order chi connectivity index (χ1) is 9.28. The van der Waals surface area contributed by atoms with E-state index in [-0.39, 0.29) is 5.91 Å². The predicted octanol–water partition coefficient (Wildman–Crippen LogP) is 1.01. The van der Waals surface area contributed by atoms with Crippen LogP contribution >= 0.6 is 11.3 Å². The zero-order valence-electron chi connectivity index (χ0n) is 11.1. The van der Waals surface area contributed by atoms with E-state index in [4.69, 9.17) is 0 Å². The molecule has 2 saturated heterocycles. The molecule has 104 valence electrons. The van der Waals surface area contributed by atoms with Crippen LogP contribution in [0.2, 0.25) is 0 Å². The Morgan fingerprint density at radius 1 is 1.63 bits per heavy atom. The van der Waals surface area contributed by atoms with Crippen LogP contribution in [-0.4, -0.2) is 48.0 Å². The molecule has 3 unspecified atom stereocenters. The fourth-order valence-electron chi connectivity index (χ4n) is 3.48. The second-order valence-corrected chi connectivity index (χ2v) is 6.27. The molecule has 2 aliphatic heterocycles. The van der Waals surface area contributed by atoms with E-state index in [2.05, 4.69) is 27.4 Å². The molecule has 0 radical (unpaired) electrons. The molecule has 3 rings (SSSR count). The van der Waals surface area contributed by atoms with Gasteiger partial charge in [-0.3, -0.25) is 9.69 Å². The van der Waals surface area contributed by atoms with Crippen LogP contribution in [0.15, 0.2) is 11.6 Å². The molecule has 0 aromatic carbocycles. The van der Waals surface area contributed by atoms with Crippen molar-refractivity contribution in [1.82, 2.24) is 15.2 Å². The first-order valence-corrected chi connectivity index (χ1v) is 7.80. The lowest BCUT2D eigenvalue weighted by atomic mass is 9.93. The minimum atomic E-state index is 0.0568.